The molecule has 1 aromatic carbocycles. The highest BCUT2D eigenvalue weighted by molar-refractivity contribution is 5.49. The summed E-state index contributed by atoms with van der Waals surface area (Å²) in [6.07, 6.45) is 1.80. The number of aromatic nitrogens is 2. The van der Waals surface area contributed by atoms with Crippen LogP contribution in [-0.4, -0.2) is 17.0 Å². The molecule has 4 nitrogen and oxygen atoms in total. The minimum Gasteiger partial charge on any atom is -0.368 e. The highest BCUT2D eigenvalue weighted by Gasteiger charge is 2.12. The van der Waals surface area contributed by atoms with Crippen LogP contribution in [0.15, 0.2) is 30.5 Å². The fourth-order valence-electron chi connectivity index (χ4n) is 2.17. The van der Waals surface area contributed by atoms with Gasteiger partial charge in [0.1, 0.15) is 11.6 Å². The van der Waals surface area contributed by atoms with Crippen LogP contribution in [0.1, 0.15) is 36.8 Å². The van der Waals surface area contributed by atoms with Crippen molar-refractivity contribution in [2.45, 2.75) is 32.9 Å². The summed E-state index contributed by atoms with van der Waals surface area (Å²) in [7, 11) is 1.93. The molecule has 0 aliphatic heterocycles. The number of rotatable bonds is 5. The minimum atomic E-state index is -0.230. The predicted molar refractivity (Wildman–Crippen MR) is 82.5 cm³/mol. The lowest BCUT2D eigenvalue weighted by molar-refractivity contribution is 0.625. The van der Waals surface area contributed by atoms with E-state index in [4.69, 9.17) is 5.73 Å². The van der Waals surface area contributed by atoms with Crippen molar-refractivity contribution in [2.75, 3.05) is 11.9 Å². The molecule has 1 heterocycles. The number of anilines is 1. The molecule has 0 aliphatic rings. The molecule has 2 N–H and O–H groups in total. The van der Waals surface area contributed by atoms with Gasteiger partial charge >= 0.3 is 0 Å². The monoisotopic (exact) mass is 288 g/mol. The van der Waals surface area contributed by atoms with Gasteiger partial charge in [0, 0.05) is 26.1 Å². The lowest BCUT2D eigenvalue weighted by Gasteiger charge is -2.22. The van der Waals surface area contributed by atoms with E-state index in [-0.39, 0.29) is 11.7 Å². The Hall–Kier alpha value is -2.01. The van der Waals surface area contributed by atoms with Gasteiger partial charge in [-0.3, -0.25) is 0 Å². The molecule has 0 bridgehead atoms. The Labute approximate surface area is 124 Å². The summed E-state index contributed by atoms with van der Waals surface area (Å²) in [6.45, 7) is 5.03. The van der Waals surface area contributed by atoms with Crippen LogP contribution in [0.2, 0.25) is 0 Å². The van der Waals surface area contributed by atoms with E-state index in [1.54, 1.807) is 12.3 Å². The van der Waals surface area contributed by atoms with Crippen molar-refractivity contribution < 1.29 is 4.39 Å². The van der Waals surface area contributed by atoms with Crippen LogP contribution in [-0.2, 0) is 13.1 Å². The van der Waals surface area contributed by atoms with Crippen molar-refractivity contribution in [2.24, 2.45) is 5.73 Å². The van der Waals surface area contributed by atoms with Crippen LogP contribution in [0.25, 0.3) is 0 Å². The van der Waals surface area contributed by atoms with Gasteiger partial charge in [-0.25, -0.2) is 14.4 Å². The zero-order valence-corrected chi connectivity index (χ0v) is 12.7. The molecule has 0 radical (unpaired) electrons. The third kappa shape index (κ3) is 3.76. The van der Waals surface area contributed by atoms with Crippen LogP contribution in [0, 0.1) is 5.82 Å². The quantitative estimate of drug-likeness (QED) is 0.919. The Morgan fingerprint density at radius 1 is 1.33 bits per heavy atom. The van der Waals surface area contributed by atoms with Gasteiger partial charge in [-0.2, -0.15) is 0 Å². The molecule has 2 aromatic rings. The van der Waals surface area contributed by atoms with E-state index in [1.807, 2.05) is 31.9 Å². The Kier molecular flexibility index (Phi) is 4.85. The number of hydrogen-bond acceptors (Lipinski definition) is 4. The van der Waals surface area contributed by atoms with Crippen molar-refractivity contribution in [3.63, 3.8) is 0 Å². The molecular formula is C16H21FN4. The van der Waals surface area contributed by atoms with E-state index in [1.165, 1.54) is 12.1 Å². The Bertz CT molecular complexity index is 613. The number of hydrogen-bond donors (Lipinski definition) is 1. The number of benzene rings is 1. The number of nitrogens with two attached hydrogens (primary N) is 1. The van der Waals surface area contributed by atoms with Gasteiger partial charge in [0.05, 0.1) is 17.6 Å². The molecule has 0 saturated carbocycles. The second-order valence-corrected chi connectivity index (χ2v) is 5.40. The normalized spacial score (nSPS) is 11.0. The van der Waals surface area contributed by atoms with Gasteiger partial charge in [-0.1, -0.05) is 26.0 Å². The average molecular weight is 288 g/mol. The van der Waals surface area contributed by atoms with E-state index >= 15 is 0 Å². The Morgan fingerprint density at radius 2 is 2.10 bits per heavy atom. The molecular weight excluding hydrogens is 267 g/mol. The molecule has 2 rings (SSSR count). The lowest BCUT2D eigenvalue weighted by atomic mass is 10.2. The van der Waals surface area contributed by atoms with Crippen LogP contribution < -0.4 is 10.6 Å². The first-order valence-electron chi connectivity index (χ1n) is 7.02. The number of nitrogens with zero attached hydrogens (tertiary/aromatic N) is 3. The van der Waals surface area contributed by atoms with Gasteiger partial charge in [-0.05, 0) is 17.7 Å². The van der Waals surface area contributed by atoms with Gasteiger partial charge in [0.25, 0.3) is 0 Å². The lowest BCUT2D eigenvalue weighted by Crippen LogP contribution is -2.21. The molecule has 5 heteroatoms. The summed E-state index contributed by atoms with van der Waals surface area (Å²) in [5, 5.41) is 0. The second kappa shape index (κ2) is 6.63. The van der Waals surface area contributed by atoms with E-state index in [2.05, 4.69) is 9.97 Å². The van der Waals surface area contributed by atoms with Crippen molar-refractivity contribution >= 4 is 5.69 Å². The van der Waals surface area contributed by atoms with E-state index in [0.29, 0.717) is 13.1 Å². The maximum atomic E-state index is 13.2. The first-order chi connectivity index (χ1) is 10.0. The maximum Gasteiger partial charge on any atom is 0.131 e. The molecule has 21 heavy (non-hydrogen) atoms. The summed E-state index contributed by atoms with van der Waals surface area (Å²) in [4.78, 5) is 10.9. The fraction of sp³-hybridized carbons (Fsp3) is 0.375. The maximum absolute atomic E-state index is 13.2. The first kappa shape index (κ1) is 15.4. The molecule has 0 fully saturated rings. The molecule has 0 aliphatic carbocycles. The predicted octanol–water partition coefficient (Wildman–Crippen LogP) is 2.83. The minimum absolute atomic E-state index is 0.230. The van der Waals surface area contributed by atoms with E-state index < -0.39 is 0 Å². The topological polar surface area (TPSA) is 55.0 Å². The highest BCUT2D eigenvalue weighted by Crippen LogP contribution is 2.21. The molecule has 1 aromatic heterocycles. The average Bonchev–Trinajstić information content (AvgIpc) is 2.46. The zero-order valence-electron chi connectivity index (χ0n) is 12.7. The molecule has 0 unspecified atom stereocenters. The van der Waals surface area contributed by atoms with Gasteiger partial charge in [0.15, 0.2) is 0 Å². The summed E-state index contributed by atoms with van der Waals surface area (Å²) >= 11 is 0. The summed E-state index contributed by atoms with van der Waals surface area (Å²) in [5.74, 6) is 0.822. The van der Waals surface area contributed by atoms with Crippen LogP contribution >= 0.6 is 0 Å². The third-order valence-electron chi connectivity index (χ3n) is 3.29. The smallest absolute Gasteiger partial charge is 0.131 e. The fourth-order valence-corrected chi connectivity index (χ4v) is 2.17. The highest BCUT2D eigenvalue weighted by atomic mass is 19.1. The van der Waals surface area contributed by atoms with Crippen molar-refractivity contribution in [1.82, 2.24) is 9.97 Å². The van der Waals surface area contributed by atoms with Crippen molar-refractivity contribution in [3.05, 3.63) is 53.4 Å². The second-order valence-electron chi connectivity index (χ2n) is 5.40. The van der Waals surface area contributed by atoms with Crippen LogP contribution in [0.4, 0.5) is 10.1 Å². The van der Waals surface area contributed by atoms with Gasteiger partial charge in [0.2, 0.25) is 0 Å². The first-order valence-corrected chi connectivity index (χ1v) is 7.02. The molecule has 0 saturated heterocycles. The number of halogens is 1. The molecule has 112 valence electrons. The SMILES string of the molecule is CC(C)c1ncc(N(C)Cc2cccc(F)c2)c(CN)n1. The molecule has 0 amide bonds. The Balaban J connectivity index is 2.24. The van der Waals surface area contributed by atoms with Gasteiger partial charge in [-0.15, -0.1) is 0 Å². The summed E-state index contributed by atoms with van der Waals surface area (Å²) in [5.41, 5.74) is 8.39. The van der Waals surface area contributed by atoms with Crippen molar-refractivity contribution in [1.29, 1.82) is 0 Å². The molecule has 0 atom stereocenters. The Morgan fingerprint density at radius 3 is 2.71 bits per heavy atom. The van der Waals surface area contributed by atoms with Gasteiger partial charge < -0.3 is 10.6 Å². The molecule has 0 spiro atoms. The standard InChI is InChI=1S/C16H21FN4/c1-11(2)16-19-9-15(14(8-18)20-16)21(3)10-12-5-4-6-13(17)7-12/h4-7,9,11H,8,10,18H2,1-3H3. The zero-order chi connectivity index (χ0) is 15.4. The van der Waals surface area contributed by atoms with E-state index in [0.717, 1.165) is 22.8 Å². The summed E-state index contributed by atoms with van der Waals surface area (Å²) in [6, 6.07) is 6.57. The van der Waals surface area contributed by atoms with Crippen LogP contribution in [0.3, 0.4) is 0 Å². The van der Waals surface area contributed by atoms with Crippen LogP contribution in [0.5, 0.6) is 0 Å². The largest absolute Gasteiger partial charge is 0.368 e. The van der Waals surface area contributed by atoms with E-state index in [9.17, 15) is 4.39 Å². The third-order valence-corrected chi connectivity index (χ3v) is 3.29. The summed E-state index contributed by atoms with van der Waals surface area (Å²) < 4.78 is 13.2. The van der Waals surface area contributed by atoms with Crippen molar-refractivity contribution in [3.8, 4) is 0 Å².